The molecule has 0 saturated carbocycles. The van der Waals surface area contributed by atoms with Crippen molar-refractivity contribution in [2.45, 2.75) is 39.0 Å². The summed E-state index contributed by atoms with van der Waals surface area (Å²) in [4.78, 5) is 30.4. The maximum atomic E-state index is 13.6. The van der Waals surface area contributed by atoms with Gasteiger partial charge in [0.1, 0.15) is 17.6 Å². The molecule has 0 unspecified atom stereocenters. The third kappa shape index (κ3) is 8.90. The lowest BCUT2D eigenvalue weighted by Gasteiger charge is -2.34. The van der Waals surface area contributed by atoms with Gasteiger partial charge >= 0.3 is 6.03 Å². The van der Waals surface area contributed by atoms with E-state index in [-0.39, 0.29) is 37.0 Å². The summed E-state index contributed by atoms with van der Waals surface area (Å²) in [6, 6.07) is 30.6. The Balaban J connectivity index is 1.32. The zero-order valence-corrected chi connectivity index (χ0v) is 27.5. The quantitative estimate of drug-likeness (QED) is 0.189. The van der Waals surface area contributed by atoms with E-state index in [2.05, 4.69) is 65.9 Å². The van der Waals surface area contributed by atoms with E-state index in [0.29, 0.717) is 41.5 Å². The second kappa shape index (κ2) is 15.6. The summed E-state index contributed by atoms with van der Waals surface area (Å²) in [5.74, 6) is 1.18. The van der Waals surface area contributed by atoms with Gasteiger partial charge in [-0.3, -0.25) is 9.69 Å². The fourth-order valence-corrected chi connectivity index (χ4v) is 5.81. The normalized spacial score (nSPS) is 17.1. The molecule has 0 aromatic heterocycles. The number of rotatable bonds is 10. The first kappa shape index (κ1) is 33.5. The number of benzene rings is 4. The van der Waals surface area contributed by atoms with E-state index in [1.54, 1.807) is 48.4 Å². The van der Waals surface area contributed by atoms with E-state index in [4.69, 9.17) is 9.47 Å². The molecule has 47 heavy (non-hydrogen) atoms. The van der Waals surface area contributed by atoms with Gasteiger partial charge in [-0.15, -0.1) is 0 Å². The predicted molar refractivity (Wildman–Crippen MR) is 186 cm³/mol. The van der Waals surface area contributed by atoms with Crippen LogP contribution in [0, 0.1) is 5.92 Å². The largest absolute Gasteiger partial charge is 0.497 e. The molecule has 0 bridgehead atoms. The lowest BCUT2D eigenvalue weighted by Crippen LogP contribution is -2.47. The van der Waals surface area contributed by atoms with Gasteiger partial charge in [0.05, 0.1) is 26.2 Å². The number of aliphatic hydroxyl groups excluding tert-OH is 1. The molecule has 246 valence electrons. The molecule has 5 rings (SSSR count). The Labute approximate surface area is 277 Å². The Morgan fingerprint density at radius 2 is 1.64 bits per heavy atom. The number of carbonyl (C=O) groups is 2. The SMILES string of the molecule is COc1ccc(NC(=O)Nc2ccc3c(c2)CC(=O)N([C@@H](C)CO)C[C@H](C)[C@H](CN(C)Cc2ccc(-c4ccccc4)cc2)O3)cc1. The highest BCUT2D eigenvalue weighted by molar-refractivity contribution is 6.00. The zero-order chi connectivity index (χ0) is 33.3. The average Bonchev–Trinajstić information content (AvgIpc) is 3.12. The van der Waals surface area contributed by atoms with Crippen LogP contribution in [-0.2, 0) is 17.8 Å². The van der Waals surface area contributed by atoms with Crippen molar-refractivity contribution < 1.29 is 24.2 Å². The molecule has 0 fully saturated rings. The first-order chi connectivity index (χ1) is 22.7. The van der Waals surface area contributed by atoms with E-state index in [1.165, 1.54) is 16.7 Å². The monoisotopic (exact) mass is 636 g/mol. The third-order valence-corrected chi connectivity index (χ3v) is 8.53. The summed E-state index contributed by atoms with van der Waals surface area (Å²) >= 11 is 0. The number of nitrogens with one attached hydrogen (secondary N) is 2. The highest BCUT2D eigenvalue weighted by Gasteiger charge is 2.31. The van der Waals surface area contributed by atoms with Gasteiger partial charge in [-0.1, -0.05) is 61.5 Å². The molecule has 0 radical (unpaired) electrons. The number of amides is 3. The van der Waals surface area contributed by atoms with Crippen LogP contribution < -0.4 is 20.1 Å². The number of anilines is 2. The number of likely N-dealkylation sites (N-methyl/N-ethyl adjacent to an activating group) is 1. The number of fused-ring (bicyclic) bond motifs is 1. The Morgan fingerprint density at radius 1 is 0.979 bits per heavy atom. The molecule has 4 aromatic rings. The second-order valence-electron chi connectivity index (χ2n) is 12.3. The lowest BCUT2D eigenvalue weighted by molar-refractivity contribution is -0.134. The predicted octanol–water partition coefficient (Wildman–Crippen LogP) is 6.29. The molecule has 3 N–H and O–H groups in total. The Kier molecular flexibility index (Phi) is 11.1. The van der Waals surface area contributed by atoms with Crippen molar-refractivity contribution in [3.05, 3.63) is 108 Å². The molecular formula is C38H44N4O5. The van der Waals surface area contributed by atoms with Crippen LogP contribution in [0.15, 0.2) is 97.1 Å². The van der Waals surface area contributed by atoms with Gasteiger partial charge in [0.15, 0.2) is 0 Å². The minimum absolute atomic E-state index is 0.0186. The standard InChI is InChI=1S/C38H44N4O5/c1-26-22-42(27(2)25-43)37(44)21-31-20-33(40-38(45)39-32-14-17-34(46-4)18-15-32)16-19-35(31)47-36(26)24-41(3)23-28-10-12-30(13-11-28)29-8-6-5-7-9-29/h5-20,26-27,36,43H,21-25H2,1-4H3,(H2,39,40,45)/t26-,27-,36-/m0/s1. The van der Waals surface area contributed by atoms with Gasteiger partial charge in [-0.2, -0.15) is 0 Å². The van der Waals surface area contributed by atoms with Crippen LogP contribution in [0.3, 0.4) is 0 Å². The highest BCUT2D eigenvalue weighted by Crippen LogP contribution is 2.30. The van der Waals surface area contributed by atoms with Crippen molar-refractivity contribution >= 4 is 23.3 Å². The maximum Gasteiger partial charge on any atom is 0.323 e. The molecule has 0 saturated heterocycles. The van der Waals surface area contributed by atoms with Crippen molar-refractivity contribution in [3.63, 3.8) is 0 Å². The Bertz CT molecular complexity index is 1630. The molecule has 4 aromatic carbocycles. The number of urea groups is 1. The van der Waals surface area contributed by atoms with Crippen molar-refractivity contribution in [3.8, 4) is 22.6 Å². The van der Waals surface area contributed by atoms with Gasteiger partial charge in [0, 0.05) is 42.5 Å². The van der Waals surface area contributed by atoms with Crippen LogP contribution in [0.4, 0.5) is 16.2 Å². The summed E-state index contributed by atoms with van der Waals surface area (Å²) < 4.78 is 11.9. The number of ether oxygens (including phenoxy) is 2. The first-order valence-electron chi connectivity index (χ1n) is 16.0. The average molecular weight is 637 g/mol. The van der Waals surface area contributed by atoms with Crippen LogP contribution in [0.5, 0.6) is 11.5 Å². The van der Waals surface area contributed by atoms with E-state index < -0.39 is 6.03 Å². The molecule has 0 aliphatic carbocycles. The number of methoxy groups -OCH3 is 1. The van der Waals surface area contributed by atoms with Gasteiger partial charge in [0.2, 0.25) is 5.91 Å². The molecular weight excluding hydrogens is 592 g/mol. The number of carbonyl (C=O) groups excluding carboxylic acids is 2. The van der Waals surface area contributed by atoms with Gasteiger partial charge < -0.3 is 30.1 Å². The highest BCUT2D eigenvalue weighted by atomic mass is 16.5. The smallest absolute Gasteiger partial charge is 0.323 e. The summed E-state index contributed by atoms with van der Waals surface area (Å²) in [5, 5.41) is 15.7. The molecule has 0 spiro atoms. The fraction of sp³-hybridized carbons (Fsp3) is 0.316. The van der Waals surface area contributed by atoms with Crippen LogP contribution in [-0.4, -0.2) is 72.8 Å². The lowest BCUT2D eigenvalue weighted by atomic mass is 10.0. The van der Waals surface area contributed by atoms with Crippen molar-refractivity contribution in [1.29, 1.82) is 0 Å². The second-order valence-corrected chi connectivity index (χ2v) is 12.3. The summed E-state index contributed by atoms with van der Waals surface area (Å²) in [6.07, 6.45) is -0.156. The van der Waals surface area contributed by atoms with Gasteiger partial charge in [0.25, 0.3) is 0 Å². The fourth-order valence-electron chi connectivity index (χ4n) is 5.81. The molecule has 3 amide bonds. The first-order valence-corrected chi connectivity index (χ1v) is 16.0. The van der Waals surface area contributed by atoms with Crippen LogP contribution in [0.25, 0.3) is 11.1 Å². The summed E-state index contributed by atoms with van der Waals surface area (Å²) in [6.45, 7) is 5.61. The molecule has 1 heterocycles. The summed E-state index contributed by atoms with van der Waals surface area (Å²) in [7, 11) is 3.66. The summed E-state index contributed by atoms with van der Waals surface area (Å²) in [5.41, 5.74) is 5.38. The molecule has 1 aliphatic heterocycles. The number of aliphatic hydroxyl groups is 1. The number of hydrogen-bond donors (Lipinski definition) is 3. The molecule has 9 heteroatoms. The Morgan fingerprint density at radius 3 is 2.32 bits per heavy atom. The number of nitrogens with zero attached hydrogens (tertiary/aromatic N) is 2. The minimum atomic E-state index is -0.411. The molecule has 9 nitrogen and oxygen atoms in total. The van der Waals surface area contributed by atoms with Crippen LogP contribution in [0.1, 0.15) is 25.0 Å². The third-order valence-electron chi connectivity index (χ3n) is 8.53. The van der Waals surface area contributed by atoms with E-state index in [0.717, 1.165) is 6.54 Å². The van der Waals surface area contributed by atoms with Crippen LogP contribution in [0.2, 0.25) is 0 Å². The van der Waals surface area contributed by atoms with Gasteiger partial charge in [-0.25, -0.2) is 4.79 Å². The molecule has 3 atom stereocenters. The topological polar surface area (TPSA) is 103 Å². The van der Waals surface area contributed by atoms with E-state index >= 15 is 0 Å². The maximum absolute atomic E-state index is 13.6. The van der Waals surface area contributed by atoms with Crippen molar-refractivity contribution in [2.24, 2.45) is 5.92 Å². The van der Waals surface area contributed by atoms with E-state index in [1.807, 2.05) is 31.2 Å². The Hall–Kier alpha value is -4.86. The van der Waals surface area contributed by atoms with Crippen molar-refractivity contribution in [2.75, 3.05) is 44.5 Å². The van der Waals surface area contributed by atoms with Crippen molar-refractivity contribution in [1.82, 2.24) is 9.80 Å². The zero-order valence-electron chi connectivity index (χ0n) is 27.5. The van der Waals surface area contributed by atoms with E-state index in [9.17, 15) is 14.7 Å². The van der Waals surface area contributed by atoms with Crippen LogP contribution >= 0.6 is 0 Å². The van der Waals surface area contributed by atoms with Gasteiger partial charge in [-0.05, 0) is 73.1 Å². The molecule has 1 aliphatic rings. The number of hydrogen-bond acceptors (Lipinski definition) is 6. The minimum Gasteiger partial charge on any atom is -0.497 e.